The average molecular weight is 153 g/mol. The Hall–Kier alpha value is -0.0400. The summed E-state index contributed by atoms with van der Waals surface area (Å²) in [6.45, 7) is 0. The zero-order valence-corrected chi connectivity index (χ0v) is 7.05. The quantitative estimate of drug-likeness (QED) is 0.567. The number of hydrogen-bond acceptors (Lipinski definition) is 1. The normalized spacial score (nSPS) is 40.1. The minimum atomic E-state index is 0.595. The van der Waals surface area contributed by atoms with Crippen molar-refractivity contribution in [3.63, 3.8) is 0 Å². The van der Waals surface area contributed by atoms with E-state index in [1.807, 2.05) is 0 Å². The monoisotopic (exact) mass is 153 g/mol. The van der Waals surface area contributed by atoms with Gasteiger partial charge in [0.2, 0.25) is 0 Å². The van der Waals surface area contributed by atoms with Gasteiger partial charge in [-0.05, 0) is 31.1 Å². The topological polar surface area (TPSA) is 20.2 Å². The van der Waals surface area contributed by atoms with E-state index in [2.05, 4.69) is 0 Å². The summed E-state index contributed by atoms with van der Waals surface area (Å²) in [5.41, 5.74) is 0. The smallest absolute Gasteiger partial charge is 0.0966 e. The summed E-state index contributed by atoms with van der Waals surface area (Å²) < 4.78 is 0. The highest BCUT2D eigenvalue weighted by molar-refractivity contribution is 4.95. The zero-order chi connectivity index (χ0) is 7.68. The predicted octanol–water partition coefficient (Wildman–Crippen LogP) is 2.88. The van der Waals surface area contributed by atoms with Crippen LogP contribution in [0.15, 0.2) is 0 Å². The number of hydrogen-bond donors (Lipinski definition) is 1. The van der Waals surface area contributed by atoms with E-state index in [1.165, 1.54) is 38.5 Å². The van der Waals surface area contributed by atoms with Crippen molar-refractivity contribution in [2.24, 2.45) is 11.8 Å². The molecule has 2 fully saturated rings. The highest BCUT2D eigenvalue weighted by atomic mass is 16.3. The molecular formula is C10H17O. The second-order valence-electron chi connectivity index (χ2n) is 4.03. The molecule has 0 bridgehead atoms. The van der Waals surface area contributed by atoms with Gasteiger partial charge in [-0.1, -0.05) is 25.7 Å². The molecule has 0 amide bonds. The summed E-state index contributed by atoms with van der Waals surface area (Å²) in [6.07, 6.45) is 9.77. The minimum absolute atomic E-state index is 0.595. The zero-order valence-electron chi connectivity index (χ0n) is 7.05. The fourth-order valence-electron chi connectivity index (χ4n) is 2.72. The first-order valence-corrected chi connectivity index (χ1v) is 4.92. The molecule has 0 heterocycles. The molecule has 0 spiro atoms. The van der Waals surface area contributed by atoms with Gasteiger partial charge in [0.1, 0.15) is 0 Å². The third kappa shape index (κ3) is 1.44. The molecule has 0 aromatic rings. The van der Waals surface area contributed by atoms with Gasteiger partial charge in [0.25, 0.3) is 0 Å². The minimum Gasteiger partial charge on any atom is -0.387 e. The van der Waals surface area contributed by atoms with Gasteiger partial charge >= 0.3 is 0 Å². The van der Waals surface area contributed by atoms with E-state index in [0.717, 1.165) is 18.4 Å². The van der Waals surface area contributed by atoms with Crippen LogP contribution >= 0.6 is 0 Å². The lowest BCUT2D eigenvalue weighted by Crippen LogP contribution is -2.29. The van der Waals surface area contributed by atoms with Crippen molar-refractivity contribution < 1.29 is 5.11 Å². The lowest BCUT2D eigenvalue weighted by molar-refractivity contribution is 0.0923. The Bertz CT molecular complexity index is 131. The molecule has 2 saturated carbocycles. The molecule has 0 aromatic heterocycles. The molecule has 2 unspecified atom stereocenters. The van der Waals surface area contributed by atoms with Crippen LogP contribution in [-0.2, 0) is 0 Å². The maximum absolute atomic E-state index is 9.62. The SMILES string of the molecule is O[C]1CCCC2CCCCC12. The second kappa shape index (κ2) is 3.14. The van der Waals surface area contributed by atoms with Crippen molar-refractivity contribution in [2.75, 3.05) is 0 Å². The van der Waals surface area contributed by atoms with E-state index in [1.54, 1.807) is 0 Å². The number of aliphatic hydroxyl groups excluding tert-OH is 1. The fourth-order valence-corrected chi connectivity index (χ4v) is 2.72. The average Bonchev–Trinajstić information content (AvgIpc) is 2.06. The molecule has 1 radical (unpaired) electrons. The fraction of sp³-hybridized carbons (Fsp3) is 0.900. The van der Waals surface area contributed by atoms with Crippen molar-refractivity contribution in [1.82, 2.24) is 0 Å². The Labute approximate surface area is 68.8 Å². The summed E-state index contributed by atoms with van der Waals surface area (Å²) in [5.74, 6) is 1.44. The van der Waals surface area contributed by atoms with Crippen LogP contribution in [0.3, 0.4) is 0 Å². The van der Waals surface area contributed by atoms with Gasteiger partial charge in [0.05, 0.1) is 6.10 Å². The van der Waals surface area contributed by atoms with Crippen molar-refractivity contribution in [1.29, 1.82) is 0 Å². The van der Waals surface area contributed by atoms with E-state index >= 15 is 0 Å². The third-order valence-corrected chi connectivity index (χ3v) is 3.34. The Morgan fingerprint density at radius 3 is 2.55 bits per heavy atom. The maximum Gasteiger partial charge on any atom is 0.0966 e. The van der Waals surface area contributed by atoms with Crippen LogP contribution in [0.1, 0.15) is 44.9 Å². The van der Waals surface area contributed by atoms with Gasteiger partial charge in [-0.3, -0.25) is 0 Å². The third-order valence-electron chi connectivity index (χ3n) is 3.34. The molecule has 0 aromatic carbocycles. The number of rotatable bonds is 0. The number of fused-ring (bicyclic) bond motifs is 1. The molecule has 2 aliphatic rings. The molecule has 2 rings (SSSR count). The molecule has 11 heavy (non-hydrogen) atoms. The lowest BCUT2D eigenvalue weighted by atomic mass is 9.69. The summed E-state index contributed by atoms with van der Waals surface area (Å²) in [5, 5.41) is 9.62. The largest absolute Gasteiger partial charge is 0.387 e. The molecule has 2 atom stereocenters. The molecule has 1 nitrogen and oxygen atoms in total. The van der Waals surface area contributed by atoms with Crippen LogP contribution in [0.5, 0.6) is 0 Å². The van der Waals surface area contributed by atoms with Gasteiger partial charge < -0.3 is 5.11 Å². The molecule has 63 valence electrons. The molecular weight excluding hydrogens is 136 g/mol. The molecule has 1 N–H and O–H groups in total. The highest BCUT2D eigenvalue weighted by Crippen LogP contribution is 2.43. The van der Waals surface area contributed by atoms with E-state index in [0.29, 0.717) is 5.92 Å². The maximum atomic E-state index is 9.62. The summed E-state index contributed by atoms with van der Waals surface area (Å²) in [7, 11) is 0. The van der Waals surface area contributed by atoms with Crippen LogP contribution in [0.4, 0.5) is 0 Å². The lowest BCUT2D eigenvalue weighted by Gasteiger charge is -2.38. The van der Waals surface area contributed by atoms with E-state index < -0.39 is 0 Å². The Kier molecular flexibility index (Phi) is 2.17. The predicted molar refractivity (Wildman–Crippen MR) is 44.5 cm³/mol. The van der Waals surface area contributed by atoms with Crippen LogP contribution in [0.2, 0.25) is 0 Å². The van der Waals surface area contributed by atoms with Crippen LogP contribution in [0, 0.1) is 17.9 Å². The van der Waals surface area contributed by atoms with Crippen molar-refractivity contribution in [2.45, 2.75) is 44.9 Å². The van der Waals surface area contributed by atoms with E-state index in [9.17, 15) is 5.11 Å². The number of aliphatic hydroxyl groups is 1. The van der Waals surface area contributed by atoms with Crippen LogP contribution < -0.4 is 0 Å². The van der Waals surface area contributed by atoms with Crippen LogP contribution in [0.25, 0.3) is 0 Å². The van der Waals surface area contributed by atoms with Crippen molar-refractivity contribution >= 4 is 0 Å². The first-order chi connectivity index (χ1) is 5.38. The second-order valence-corrected chi connectivity index (χ2v) is 4.03. The van der Waals surface area contributed by atoms with E-state index in [-0.39, 0.29) is 0 Å². The Morgan fingerprint density at radius 1 is 1.00 bits per heavy atom. The van der Waals surface area contributed by atoms with Crippen molar-refractivity contribution in [3.05, 3.63) is 6.10 Å². The summed E-state index contributed by atoms with van der Waals surface area (Å²) in [6, 6.07) is 0. The van der Waals surface area contributed by atoms with Gasteiger partial charge in [-0.25, -0.2) is 0 Å². The summed E-state index contributed by atoms with van der Waals surface area (Å²) >= 11 is 0. The van der Waals surface area contributed by atoms with Gasteiger partial charge in [-0.2, -0.15) is 0 Å². The Morgan fingerprint density at radius 2 is 1.73 bits per heavy atom. The van der Waals surface area contributed by atoms with Gasteiger partial charge in [0, 0.05) is 0 Å². The van der Waals surface area contributed by atoms with Gasteiger partial charge in [-0.15, -0.1) is 0 Å². The molecule has 0 saturated heterocycles. The Balaban J connectivity index is 1.99. The first kappa shape index (κ1) is 7.60. The first-order valence-electron chi connectivity index (χ1n) is 4.92. The van der Waals surface area contributed by atoms with Crippen molar-refractivity contribution in [3.8, 4) is 0 Å². The van der Waals surface area contributed by atoms with Crippen LogP contribution in [-0.4, -0.2) is 5.11 Å². The summed E-state index contributed by atoms with van der Waals surface area (Å²) in [4.78, 5) is 0. The highest BCUT2D eigenvalue weighted by Gasteiger charge is 2.34. The van der Waals surface area contributed by atoms with Gasteiger partial charge in [0.15, 0.2) is 0 Å². The van der Waals surface area contributed by atoms with E-state index in [4.69, 9.17) is 0 Å². The molecule has 1 heteroatoms. The molecule has 2 aliphatic carbocycles. The molecule has 0 aliphatic heterocycles. The standard InChI is InChI=1S/C10H17O/c11-10-7-3-5-8-4-1-2-6-9(8)10/h8-9,11H,1-7H2.